The highest BCUT2D eigenvalue weighted by atomic mass is 16.5. The van der Waals surface area contributed by atoms with Crippen LogP contribution in [-0.4, -0.2) is 30.6 Å². The van der Waals surface area contributed by atoms with Crippen LogP contribution in [-0.2, 0) is 0 Å². The van der Waals surface area contributed by atoms with Crippen LogP contribution in [0, 0.1) is 0 Å². The van der Waals surface area contributed by atoms with Gasteiger partial charge in [-0.1, -0.05) is 24.6 Å². The van der Waals surface area contributed by atoms with Crippen LogP contribution in [0.15, 0.2) is 48.5 Å². The van der Waals surface area contributed by atoms with E-state index < -0.39 is 0 Å². The van der Waals surface area contributed by atoms with E-state index >= 15 is 0 Å². The fourth-order valence-corrected chi connectivity index (χ4v) is 3.83. The van der Waals surface area contributed by atoms with Gasteiger partial charge < -0.3 is 14.5 Å². The summed E-state index contributed by atoms with van der Waals surface area (Å²) < 4.78 is 5.41. The molecule has 4 heteroatoms. The van der Waals surface area contributed by atoms with Crippen LogP contribution in [0.1, 0.15) is 36.0 Å². The molecule has 2 aliphatic heterocycles. The number of carbonyl (C=O) groups excluding carboxylic acids is 1. The molecule has 0 spiro atoms. The van der Waals surface area contributed by atoms with Crippen LogP contribution in [0.3, 0.4) is 0 Å². The van der Waals surface area contributed by atoms with Gasteiger partial charge in [0.15, 0.2) is 0 Å². The van der Waals surface area contributed by atoms with Gasteiger partial charge in [-0.2, -0.15) is 0 Å². The molecule has 2 heterocycles. The number of rotatable bonds is 2. The van der Waals surface area contributed by atoms with Gasteiger partial charge in [-0.25, -0.2) is 0 Å². The summed E-state index contributed by atoms with van der Waals surface area (Å²) >= 11 is 0. The molecule has 0 aliphatic carbocycles. The summed E-state index contributed by atoms with van der Waals surface area (Å²) in [6, 6.07) is 16.1. The third kappa shape index (κ3) is 2.42. The van der Waals surface area contributed by atoms with E-state index in [9.17, 15) is 4.79 Å². The minimum absolute atomic E-state index is 0.0852. The number of hydrogen-bond donors (Lipinski definition) is 0. The van der Waals surface area contributed by atoms with Crippen LogP contribution in [0.4, 0.5) is 11.4 Å². The fourth-order valence-electron chi connectivity index (χ4n) is 3.83. The smallest absolute Gasteiger partial charge is 0.257 e. The number of ether oxygens (including phenoxy) is 1. The van der Waals surface area contributed by atoms with Gasteiger partial charge in [-0.15, -0.1) is 0 Å². The van der Waals surface area contributed by atoms with E-state index in [2.05, 4.69) is 21.9 Å². The van der Waals surface area contributed by atoms with Crippen LogP contribution in [0.5, 0.6) is 5.75 Å². The molecule has 1 amide bonds. The maximum Gasteiger partial charge on any atom is 0.257 e. The summed E-state index contributed by atoms with van der Waals surface area (Å²) in [6.07, 6.45) is 4.50. The SMILES string of the molecule is COc1ccc2c(c1)N(c1ccccc1)C1CCCCCN1C2=O. The zero-order valence-corrected chi connectivity index (χ0v) is 13.9. The number of amides is 1. The Kier molecular flexibility index (Phi) is 3.89. The standard InChI is InChI=1S/C20H22N2O2/c1-24-16-11-12-17-18(14-16)22(15-8-4-2-5-9-15)19-10-6-3-7-13-21(19)20(17)23/h2,4-5,8-9,11-12,14,19H,3,6-7,10,13H2,1H3. The normalized spacial score (nSPS) is 20.2. The van der Waals surface area contributed by atoms with Crippen LogP contribution < -0.4 is 9.64 Å². The lowest BCUT2D eigenvalue weighted by molar-refractivity contribution is 0.0668. The molecule has 4 nitrogen and oxygen atoms in total. The lowest BCUT2D eigenvalue weighted by Crippen LogP contribution is -2.53. The molecule has 1 saturated heterocycles. The second-order valence-corrected chi connectivity index (χ2v) is 6.42. The van der Waals surface area contributed by atoms with E-state index in [-0.39, 0.29) is 12.1 Å². The molecular weight excluding hydrogens is 300 g/mol. The average molecular weight is 322 g/mol. The number of benzene rings is 2. The van der Waals surface area contributed by atoms with Gasteiger partial charge in [0.2, 0.25) is 0 Å². The first kappa shape index (κ1) is 15.1. The summed E-state index contributed by atoms with van der Waals surface area (Å²) in [6.45, 7) is 0.832. The van der Waals surface area contributed by atoms with Crippen molar-refractivity contribution in [1.82, 2.24) is 4.90 Å². The fraction of sp³-hybridized carbons (Fsp3) is 0.350. The van der Waals surface area contributed by atoms with Gasteiger partial charge in [0.05, 0.1) is 18.4 Å². The van der Waals surface area contributed by atoms with Gasteiger partial charge in [0.25, 0.3) is 5.91 Å². The monoisotopic (exact) mass is 322 g/mol. The van der Waals surface area contributed by atoms with Gasteiger partial charge >= 0.3 is 0 Å². The van der Waals surface area contributed by atoms with Gasteiger partial charge in [-0.3, -0.25) is 4.79 Å². The van der Waals surface area contributed by atoms with Crippen LogP contribution in [0.2, 0.25) is 0 Å². The van der Waals surface area contributed by atoms with Crippen molar-refractivity contribution >= 4 is 17.3 Å². The third-order valence-electron chi connectivity index (χ3n) is 5.01. The molecule has 1 fully saturated rings. The number of anilines is 2. The van der Waals surface area contributed by atoms with Crippen molar-refractivity contribution in [3.63, 3.8) is 0 Å². The predicted octanol–water partition coefficient (Wildman–Crippen LogP) is 4.19. The number of hydrogen-bond acceptors (Lipinski definition) is 3. The van der Waals surface area contributed by atoms with Crippen molar-refractivity contribution in [2.75, 3.05) is 18.6 Å². The largest absolute Gasteiger partial charge is 0.497 e. The first-order chi connectivity index (χ1) is 11.8. The number of para-hydroxylation sites is 1. The lowest BCUT2D eigenvalue weighted by Gasteiger charge is -2.45. The Hall–Kier alpha value is -2.49. The maximum atomic E-state index is 13.0. The minimum atomic E-state index is 0.0852. The average Bonchev–Trinajstić information content (AvgIpc) is 2.88. The summed E-state index contributed by atoms with van der Waals surface area (Å²) in [5.74, 6) is 0.927. The zero-order chi connectivity index (χ0) is 16.5. The molecule has 0 N–H and O–H groups in total. The van der Waals surface area contributed by atoms with E-state index in [0.29, 0.717) is 0 Å². The molecule has 0 aromatic heterocycles. The summed E-state index contributed by atoms with van der Waals surface area (Å²) in [7, 11) is 1.66. The first-order valence-electron chi connectivity index (χ1n) is 8.63. The van der Waals surface area contributed by atoms with Crippen molar-refractivity contribution in [2.45, 2.75) is 31.8 Å². The molecule has 2 aromatic carbocycles. The van der Waals surface area contributed by atoms with Crippen LogP contribution in [0.25, 0.3) is 0 Å². The van der Waals surface area contributed by atoms with E-state index in [1.165, 1.54) is 6.42 Å². The number of methoxy groups -OCH3 is 1. The Morgan fingerprint density at radius 2 is 1.88 bits per heavy atom. The van der Waals surface area contributed by atoms with Crippen LogP contribution >= 0.6 is 0 Å². The topological polar surface area (TPSA) is 32.8 Å². The molecule has 2 aromatic rings. The van der Waals surface area contributed by atoms with Crippen molar-refractivity contribution in [3.05, 3.63) is 54.1 Å². The Balaban J connectivity index is 1.90. The Morgan fingerprint density at radius 1 is 1.04 bits per heavy atom. The van der Waals surface area contributed by atoms with E-state index in [1.54, 1.807) is 7.11 Å². The lowest BCUT2D eigenvalue weighted by atomic mass is 10.0. The highest BCUT2D eigenvalue weighted by molar-refractivity contribution is 6.03. The van der Waals surface area contributed by atoms with Crippen molar-refractivity contribution in [1.29, 1.82) is 0 Å². The molecule has 0 bridgehead atoms. The molecule has 1 unspecified atom stereocenters. The number of fused-ring (bicyclic) bond motifs is 2. The second kappa shape index (κ2) is 6.19. The minimum Gasteiger partial charge on any atom is -0.497 e. The summed E-state index contributed by atoms with van der Waals surface area (Å²) in [5, 5.41) is 0. The van der Waals surface area contributed by atoms with Gasteiger partial charge in [0, 0.05) is 18.3 Å². The van der Waals surface area contributed by atoms with E-state index in [0.717, 1.165) is 48.5 Å². The molecule has 124 valence electrons. The van der Waals surface area contributed by atoms with Crippen molar-refractivity contribution in [3.8, 4) is 5.75 Å². The number of carbonyl (C=O) groups is 1. The molecule has 2 aliphatic rings. The molecular formula is C20H22N2O2. The van der Waals surface area contributed by atoms with E-state index in [4.69, 9.17) is 4.74 Å². The molecule has 0 radical (unpaired) electrons. The third-order valence-corrected chi connectivity index (χ3v) is 5.01. The molecule has 0 saturated carbocycles. The van der Waals surface area contributed by atoms with E-state index in [1.807, 2.05) is 36.4 Å². The predicted molar refractivity (Wildman–Crippen MR) is 94.9 cm³/mol. The van der Waals surface area contributed by atoms with Crippen molar-refractivity contribution < 1.29 is 9.53 Å². The molecule has 1 atom stereocenters. The van der Waals surface area contributed by atoms with Gasteiger partial charge in [0.1, 0.15) is 11.9 Å². The summed E-state index contributed by atoms with van der Waals surface area (Å²) in [4.78, 5) is 17.4. The maximum absolute atomic E-state index is 13.0. The first-order valence-corrected chi connectivity index (χ1v) is 8.63. The zero-order valence-electron chi connectivity index (χ0n) is 13.9. The van der Waals surface area contributed by atoms with Crippen molar-refractivity contribution in [2.24, 2.45) is 0 Å². The number of nitrogens with zero attached hydrogens (tertiary/aromatic N) is 2. The Morgan fingerprint density at radius 3 is 2.67 bits per heavy atom. The van der Waals surface area contributed by atoms with Gasteiger partial charge in [-0.05, 0) is 43.5 Å². The molecule has 24 heavy (non-hydrogen) atoms. The molecule has 4 rings (SSSR count). The highest BCUT2D eigenvalue weighted by Gasteiger charge is 2.38. The highest BCUT2D eigenvalue weighted by Crippen LogP contribution is 2.41. The summed E-state index contributed by atoms with van der Waals surface area (Å²) in [5.41, 5.74) is 2.84. The Bertz CT molecular complexity index is 745. The quantitative estimate of drug-likeness (QED) is 0.831. The second-order valence-electron chi connectivity index (χ2n) is 6.42. The Labute approximate surface area is 142 Å².